The van der Waals surface area contributed by atoms with Crippen LogP contribution < -0.4 is 5.73 Å². The van der Waals surface area contributed by atoms with E-state index in [1.54, 1.807) is 23.2 Å². The van der Waals surface area contributed by atoms with Crippen molar-refractivity contribution in [1.82, 2.24) is 9.88 Å². The summed E-state index contributed by atoms with van der Waals surface area (Å²) < 4.78 is 0. The monoisotopic (exact) mass is 269 g/mol. The van der Waals surface area contributed by atoms with Gasteiger partial charge in [0.1, 0.15) is 0 Å². The lowest BCUT2D eigenvalue weighted by Crippen LogP contribution is -2.31. The number of carbonyl (C=O) groups excluding carboxylic acids is 1. The number of nitrogen functional groups attached to an aromatic ring is 1. The van der Waals surface area contributed by atoms with Gasteiger partial charge in [0.25, 0.3) is 0 Å². The lowest BCUT2D eigenvalue weighted by molar-refractivity contribution is -0.131. The molecule has 2 aromatic rings. The fraction of sp³-hybridized carbons (Fsp3) is 0.250. The first-order valence-corrected chi connectivity index (χ1v) is 6.59. The van der Waals surface area contributed by atoms with E-state index in [0.29, 0.717) is 5.69 Å². The average Bonchev–Trinajstić information content (AvgIpc) is 2.49. The highest BCUT2D eigenvalue weighted by Crippen LogP contribution is 2.19. The number of pyridine rings is 1. The van der Waals surface area contributed by atoms with Gasteiger partial charge in [-0.2, -0.15) is 0 Å². The molecular weight excluding hydrogens is 250 g/mol. The van der Waals surface area contributed by atoms with Gasteiger partial charge >= 0.3 is 0 Å². The van der Waals surface area contributed by atoms with E-state index < -0.39 is 0 Å². The van der Waals surface area contributed by atoms with E-state index in [0.717, 1.165) is 11.3 Å². The van der Waals surface area contributed by atoms with Crippen LogP contribution in [0.25, 0.3) is 0 Å². The maximum atomic E-state index is 12.3. The fourth-order valence-electron chi connectivity index (χ4n) is 1.99. The highest BCUT2D eigenvalue weighted by molar-refractivity contribution is 5.78. The summed E-state index contributed by atoms with van der Waals surface area (Å²) in [5, 5.41) is 0. The van der Waals surface area contributed by atoms with Crippen molar-refractivity contribution in [2.45, 2.75) is 19.4 Å². The molecule has 0 radical (unpaired) electrons. The van der Waals surface area contributed by atoms with Crippen LogP contribution in [-0.4, -0.2) is 22.8 Å². The van der Waals surface area contributed by atoms with Gasteiger partial charge in [0, 0.05) is 12.7 Å². The zero-order valence-corrected chi connectivity index (χ0v) is 11.8. The molecule has 1 amide bonds. The number of amides is 1. The van der Waals surface area contributed by atoms with E-state index in [-0.39, 0.29) is 18.4 Å². The number of rotatable bonds is 4. The van der Waals surface area contributed by atoms with Gasteiger partial charge in [-0.05, 0) is 24.6 Å². The number of hydrogen-bond acceptors (Lipinski definition) is 3. The Labute approximate surface area is 119 Å². The van der Waals surface area contributed by atoms with Crippen molar-refractivity contribution in [2.75, 3.05) is 12.8 Å². The molecule has 0 fully saturated rings. The van der Waals surface area contributed by atoms with Crippen LogP contribution in [0.3, 0.4) is 0 Å². The van der Waals surface area contributed by atoms with Crippen molar-refractivity contribution in [1.29, 1.82) is 0 Å². The predicted octanol–water partition coefficient (Wildman–Crippen LogP) is 2.43. The Morgan fingerprint density at radius 1 is 1.25 bits per heavy atom. The van der Waals surface area contributed by atoms with Crippen LogP contribution in [0, 0.1) is 0 Å². The molecule has 1 unspecified atom stereocenters. The second-order valence-corrected chi connectivity index (χ2v) is 4.85. The zero-order chi connectivity index (χ0) is 14.5. The summed E-state index contributed by atoms with van der Waals surface area (Å²) in [6.45, 7) is 2.02. The molecule has 2 N–H and O–H groups in total. The van der Waals surface area contributed by atoms with Crippen molar-refractivity contribution >= 4 is 11.6 Å². The van der Waals surface area contributed by atoms with E-state index in [9.17, 15) is 4.79 Å². The lowest BCUT2D eigenvalue weighted by atomic mass is 10.1. The van der Waals surface area contributed by atoms with Gasteiger partial charge in [-0.25, -0.2) is 0 Å². The Hall–Kier alpha value is -2.36. The van der Waals surface area contributed by atoms with E-state index >= 15 is 0 Å². The van der Waals surface area contributed by atoms with Crippen molar-refractivity contribution < 1.29 is 4.79 Å². The third kappa shape index (κ3) is 3.35. The number of anilines is 1. The largest absolute Gasteiger partial charge is 0.397 e. The van der Waals surface area contributed by atoms with Crippen molar-refractivity contribution in [3.05, 3.63) is 59.9 Å². The summed E-state index contributed by atoms with van der Waals surface area (Å²) in [4.78, 5) is 18.2. The summed E-state index contributed by atoms with van der Waals surface area (Å²) in [5.74, 6) is 0.0404. The number of nitrogens with two attached hydrogens (primary N) is 1. The number of carbonyl (C=O) groups is 1. The van der Waals surface area contributed by atoms with Crippen LogP contribution >= 0.6 is 0 Å². The average molecular weight is 269 g/mol. The second kappa shape index (κ2) is 6.19. The third-order valence-electron chi connectivity index (χ3n) is 3.44. The fourth-order valence-corrected chi connectivity index (χ4v) is 1.99. The van der Waals surface area contributed by atoms with Crippen LogP contribution in [0.2, 0.25) is 0 Å². The van der Waals surface area contributed by atoms with Crippen LogP contribution in [0.5, 0.6) is 0 Å². The van der Waals surface area contributed by atoms with Gasteiger partial charge in [-0.15, -0.1) is 0 Å². The molecule has 0 saturated heterocycles. The van der Waals surface area contributed by atoms with E-state index in [4.69, 9.17) is 5.73 Å². The second-order valence-electron chi connectivity index (χ2n) is 4.85. The minimum Gasteiger partial charge on any atom is -0.397 e. The molecule has 1 atom stereocenters. The van der Waals surface area contributed by atoms with E-state index in [1.165, 1.54) is 0 Å². The topological polar surface area (TPSA) is 59.2 Å². The number of hydrogen-bond donors (Lipinski definition) is 1. The molecular formula is C16H19N3O. The number of benzene rings is 1. The maximum absolute atomic E-state index is 12.3. The van der Waals surface area contributed by atoms with Crippen LogP contribution in [0.15, 0.2) is 48.7 Å². The van der Waals surface area contributed by atoms with Crippen LogP contribution in [0.1, 0.15) is 24.2 Å². The Kier molecular flexibility index (Phi) is 4.35. The normalized spacial score (nSPS) is 11.9. The molecule has 20 heavy (non-hydrogen) atoms. The van der Waals surface area contributed by atoms with Gasteiger partial charge < -0.3 is 10.6 Å². The highest BCUT2D eigenvalue weighted by atomic mass is 16.2. The minimum atomic E-state index is 0.0393. The maximum Gasteiger partial charge on any atom is 0.228 e. The SMILES string of the molecule is CC(c1ccccc1)N(C)C(=O)Cc1ccc(N)cn1. The standard InChI is InChI=1S/C16H19N3O/c1-12(13-6-4-3-5-7-13)19(2)16(20)10-15-9-8-14(17)11-18-15/h3-9,11-12H,10,17H2,1-2H3. The lowest BCUT2D eigenvalue weighted by Gasteiger charge is -2.25. The molecule has 1 aromatic carbocycles. The molecule has 1 heterocycles. The zero-order valence-electron chi connectivity index (χ0n) is 11.8. The Morgan fingerprint density at radius 2 is 1.95 bits per heavy atom. The molecule has 104 valence electrons. The first-order chi connectivity index (χ1) is 9.58. The van der Waals surface area contributed by atoms with Crippen molar-refractivity contribution in [2.24, 2.45) is 0 Å². The molecule has 0 bridgehead atoms. The van der Waals surface area contributed by atoms with Gasteiger partial charge in [0.2, 0.25) is 5.91 Å². The number of aromatic nitrogens is 1. The molecule has 0 saturated carbocycles. The van der Waals surface area contributed by atoms with Gasteiger partial charge in [-0.1, -0.05) is 30.3 Å². The quantitative estimate of drug-likeness (QED) is 0.927. The molecule has 0 spiro atoms. The molecule has 0 aliphatic rings. The Morgan fingerprint density at radius 3 is 2.55 bits per heavy atom. The van der Waals surface area contributed by atoms with E-state index in [2.05, 4.69) is 4.98 Å². The predicted molar refractivity (Wildman–Crippen MR) is 80.0 cm³/mol. The third-order valence-corrected chi connectivity index (χ3v) is 3.44. The Balaban J connectivity index is 2.03. The number of nitrogens with zero attached hydrogens (tertiary/aromatic N) is 2. The molecule has 1 aromatic heterocycles. The molecule has 4 heteroatoms. The summed E-state index contributed by atoms with van der Waals surface area (Å²) >= 11 is 0. The molecule has 0 aliphatic carbocycles. The smallest absolute Gasteiger partial charge is 0.228 e. The summed E-state index contributed by atoms with van der Waals surface area (Å²) in [6.07, 6.45) is 1.86. The number of likely N-dealkylation sites (N-methyl/N-ethyl adjacent to an activating group) is 1. The first kappa shape index (κ1) is 14.1. The van der Waals surface area contributed by atoms with Crippen LogP contribution in [-0.2, 0) is 11.2 Å². The van der Waals surface area contributed by atoms with Crippen molar-refractivity contribution in [3.8, 4) is 0 Å². The van der Waals surface area contributed by atoms with Gasteiger partial charge in [0.15, 0.2) is 0 Å². The highest BCUT2D eigenvalue weighted by Gasteiger charge is 2.17. The van der Waals surface area contributed by atoms with Gasteiger partial charge in [0.05, 0.1) is 24.3 Å². The first-order valence-electron chi connectivity index (χ1n) is 6.59. The minimum absolute atomic E-state index is 0.0393. The Bertz CT molecular complexity index is 566. The van der Waals surface area contributed by atoms with Crippen molar-refractivity contribution in [3.63, 3.8) is 0 Å². The summed E-state index contributed by atoms with van der Waals surface area (Å²) in [6, 6.07) is 13.6. The summed E-state index contributed by atoms with van der Waals surface area (Å²) in [5.41, 5.74) is 8.04. The van der Waals surface area contributed by atoms with E-state index in [1.807, 2.05) is 44.3 Å². The molecule has 2 rings (SSSR count). The molecule has 0 aliphatic heterocycles. The van der Waals surface area contributed by atoms with Crippen LogP contribution in [0.4, 0.5) is 5.69 Å². The molecule has 4 nitrogen and oxygen atoms in total. The summed E-state index contributed by atoms with van der Waals surface area (Å²) in [7, 11) is 1.82. The van der Waals surface area contributed by atoms with Gasteiger partial charge in [-0.3, -0.25) is 9.78 Å².